The van der Waals surface area contributed by atoms with Gasteiger partial charge < -0.3 is 10.4 Å². The lowest BCUT2D eigenvalue weighted by Crippen LogP contribution is -2.00. The van der Waals surface area contributed by atoms with E-state index in [1.54, 1.807) is 18.2 Å². The summed E-state index contributed by atoms with van der Waals surface area (Å²) < 4.78 is 0. The molecule has 2 nitrogen and oxygen atoms in total. The van der Waals surface area contributed by atoms with Crippen LogP contribution in [0.3, 0.4) is 0 Å². The second-order valence-electron chi connectivity index (χ2n) is 4.11. The molecule has 2 rings (SSSR count). The zero-order chi connectivity index (χ0) is 13.1. The third kappa shape index (κ3) is 3.09. The Morgan fingerprint density at radius 1 is 1.11 bits per heavy atom. The van der Waals surface area contributed by atoms with Crippen molar-refractivity contribution < 1.29 is 5.11 Å². The smallest absolute Gasteiger partial charge is 0.120 e. The van der Waals surface area contributed by atoms with Gasteiger partial charge in [0.2, 0.25) is 0 Å². The molecule has 0 aliphatic rings. The zero-order valence-corrected chi connectivity index (χ0v) is 11.4. The normalized spacial score (nSPS) is 10.4. The van der Waals surface area contributed by atoms with Crippen LogP contribution in [0.5, 0.6) is 5.75 Å². The minimum absolute atomic E-state index is 0.218. The van der Waals surface area contributed by atoms with E-state index in [4.69, 9.17) is 23.2 Å². The largest absolute Gasteiger partial charge is 0.508 e. The molecule has 0 atom stereocenters. The average molecular weight is 282 g/mol. The second kappa shape index (κ2) is 5.51. The molecular formula is C14H13Cl2NO. The van der Waals surface area contributed by atoms with Gasteiger partial charge in [-0.2, -0.15) is 0 Å². The zero-order valence-electron chi connectivity index (χ0n) is 9.87. The van der Waals surface area contributed by atoms with E-state index in [0.29, 0.717) is 16.6 Å². The lowest BCUT2D eigenvalue weighted by Gasteiger charge is -2.10. The van der Waals surface area contributed by atoms with Crippen LogP contribution in [0.4, 0.5) is 5.69 Å². The quantitative estimate of drug-likeness (QED) is 0.861. The summed E-state index contributed by atoms with van der Waals surface area (Å²) in [4.78, 5) is 0. The monoisotopic (exact) mass is 281 g/mol. The number of nitrogens with one attached hydrogen (secondary N) is 1. The number of benzene rings is 2. The molecule has 0 fully saturated rings. The highest BCUT2D eigenvalue weighted by Crippen LogP contribution is 2.26. The molecule has 0 saturated heterocycles. The molecule has 0 aliphatic carbocycles. The van der Waals surface area contributed by atoms with Crippen molar-refractivity contribution in [3.05, 3.63) is 57.6 Å². The molecule has 94 valence electrons. The minimum Gasteiger partial charge on any atom is -0.508 e. The summed E-state index contributed by atoms with van der Waals surface area (Å²) in [5.41, 5.74) is 2.70. The number of rotatable bonds is 3. The van der Waals surface area contributed by atoms with E-state index in [1.807, 2.05) is 25.1 Å². The van der Waals surface area contributed by atoms with Gasteiger partial charge in [-0.05, 0) is 42.8 Å². The van der Waals surface area contributed by atoms with E-state index in [2.05, 4.69) is 5.32 Å². The van der Waals surface area contributed by atoms with Crippen molar-refractivity contribution in [2.75, 3.05) is 5.32 Å². The van der Waals surface area contributed by atoms with Crippen LogP contribution in [0.15, 0.2) is 36.4 Å². The van der Waals surface area contributed by atoms with Gasteiger partial charge in [0.25, 0.3) is 0 Å². The van der Waals surface area contributed by atoms with Gasteiger partial charge in [0.05, 0.1) is 10.7 Å². The van der Waals surface area contributed by atoms with E-state index >= 15 is 0 Å². The van der Waals surface area contributed by atoms with Crippen molar-refractivity contribution in [1.29, 1.82) is 0 Å². The fraction of sp³-hybridized carbons (Fsp3) is 0.143. The van der Waals surface area contributed by atoms with Crippen LogP contribution in [-0.2, 0) is 6.54 Å². The first kappa shape index (κ1) is 13.1. The molecule has 0 heterocycles. The molecule has 0 bridgehead atoms. The molecule has 2 N–H and O–H groups in total. The minimum atomic E-state index is 0.218. The number of phenolic OH excluding ortho intramolecular Hbond substituents is 1. The van der Waals surface area contributed by atoms with Crippen molar-refractivity contribution in [1.82, 2.24) is 0 Å². The van der Waals surface area contributed by atoms with E-state index in [-0.39, 0.29) is 5.75 Å². The summed E-state index contributed by atoms with van der Waals surface area (Å²) in [6, 6.07) is 10.7. The summed E-state index contributed by atoms with van der Waals surface area (Å²) >= 11 is 12.0. The van der Waals surface area contributed by atoms with Gasteiger partial charge in [0.15, 0.2) is 0 Å². The Labute approximate surface area is 116 Å². The molecule has 0 amide bonds. The van der Waals surface area contributed by atoms with Crippen molar-refractivity contribution >= 4 is 28.9 Å². The Balaban J connectivity index is 2.16. The molecule has 0 aromatic heterocycles. The Hall–Kier alpha value is -1.38. The predicted molar refractivity (Wildman–Crippen MR) is 76.6 cm³/mol. The Bertz CT molecular complexity index is 518. The number of hydrogen-bond acceptors (Lipinski definition) is 2. The average Bonchev–Trinajstić information content (AvgIpc) is 2.34. The Morgan fingerprint density at radius 2 is 1.89 bits per heavy atom. The highest BCUT2D eigenvalue weighted by molar-refractivity contribution is 6.33. The maximum atomic E-state index is 9.71. The van der Waals surface area contributed by atoms with Gasteiger partial charge >= 0.3 is 0 Å². The maximum Gasteiger partial charge on any atom is 0.120 e. The van der Waals surface area contributed by atoms with E-state index < -0.39 is 0 Å². The van der Waals surface area contributed by atoms with Crippen LogP contribution in [0.2, 0.25) is 10.0 Å². The fourth-order valence-electron chi connectivity index (χ4n) is 1.66. The van der Waals surface area contributed by atoms with E-state index in [1.165, 1.54) is 0 Å². The number of anilines is 1. The van der Waals surface area contributed by atoms with Crippen LogP contribution in [-0.4, -0.2) is 5.11 Å². The van der Waals surface area contributed by atoms with Gasteiger partial charge in [-0.15, -0.1) is 0 Å². The van der Waals surface area contributed by atoms with Gasteiger partial charge in [-0.3, -0.25) is 0 Å². The number of aromatic hydroxyl groups is 1. The molecule has 2 aromatic carbocycles. The summed E-state index contributed by atoms with van der Waals surface area (Å²) in [5, 5.41) is 14.1. The lowest BCUT2D eigenvalue weighted by molar-refractivity contribution is 0.469. The van der Waals surface area contributed by atoms with Crippen molar-refractivity contribution in [3.8, 4) is 5.75 Å². The Morgan fingerprint density at radius 3 is 2.67 bits per heavy atom. The maximum absolute atomic E-state index is 9.71. The topological polar surface area (TPSA) is 32.3 Å². The fourth-order valence-corrected chi connectivity index (χ4v) is 2.04. The second-order valence-corrected chi connectivity index (χ2v) is 4.95. The third-order valence-corrected chi connectivity index (χ3v) is 3.20. The summed E-state index contributed by atoms with van der Waals surface area (Å²) in [6.07, 6.45) is 0. The summed E-state index contributed by atoms with van der Waals surface area (Å²) in [7, 11) is 0. The van der Waals surface area contributed by atoms with Gasteiger partial charge in [-0.25, -0.2) is 0 Å². The van der Waals surface area contributed by atoms with E-state index in [0.717, 1.165) is 16.8 Å². The molecule has 4 heteroatoms. The highest BCUT2D eigenvalue weighted by Gasteiger charge is 2.04. The molecule has 0 aliphatic heterocycles. The molecule has 0 radical (unpaired) electrons. The van der Waals surface area contributed by atoms with Crippen LogP contribution in [0.1, 0.15) is 11.1 Å². The molecule has 2 aromatic rings. The number of aryl methyl sites for hydroxylation is 1. The van der Waals surface area contributed by atoms with Crippen molar-refractivity contribution in [3.63, 3.8) is 0 Å². The Kier molecular flexibility index (Phi) is 4.00. The molecule has 0 spiro atoms. The third-order valence-electron chi connectivity index (χ3n) is 2.63. The predicted octanol–water partition coefficient (Wildman–Crippen LogP) is 4.62. The molecule has 18 heavy (non-hydrogen) atoms. The van der Waals surface area contributed by atoms with Crippen LogP contribution < -0.4 is 5.32 Å². The van der Waals surface area contributed by atoms with Gasteiger partial charge in [0.1, 0.15) is 5.75 Å². The van der Waals surface area contributed by atoms with Crippen molar-refractivity contribution in [2.24, 2.45) is 0 Å². The number of halogens is 2. The SMILES string of the molecule is Cc1ccc(Cl)c(NCc2cc(Cl)ccc2O)c1. The molecule has 0 saturated carbocycles. The van der Waals surface area contributed by atoms with Crippen LogP contribution in [0.25, 0.3) is 0 Å². The van der Waals surface area contributed by atoms with Crippen LogP contribution >= 0.6 is 23.2 Å². The number of phenols is 1. The first-order valence-corrected chi connectivity index (χ1v) is 6.29. The first-order valence-electron chi connectivity index (χ1n) is 5.53. The number of hydrogen-bond donors (Lipinski definition) is 2. The van der Waals surface area contributed by atoms with Gasteiger partial charge in [-0.1, -0.05) is 29.3 Å². The first-order chi connectivity index (χ1) is 8.56. The summed E-state index contributed by atoms with van der Waals surface area (Å²) in [6.45, 7) is 2.47. The van der Waals surface area contributed by atoms with Crippen molar-refractivity contribution in [2.45, 2.75) is 13.5 Å². The van der Waals surface area contributed by atoms with Gasteiger partial charge in [0, 0.05) is 17.1 Å². The van der Waals surface area contributed by atoms with Crippen LogP contribution in [0, 0.1) is 6.92 Å². The highest BCUT2D eigenvalue weighted by atomic mass is 35.5. The van der Waals surface area contributed by atoms with E-state index in [9.17, 15) is 5.11 Å². The standard InChI is InChI=1S/C14H13Cl2NO/c1-9-2-4-12(16)13(6-9)17-8-10-7-11(15)3-5-14(10)18/h2-7,17-18H,8H2,1H3. The lowest BCUT2D eigenvalue weighted by atomic mass is 10.2. The molecular weight excluding hydrogens is 269 g/mol. The summed E-state index contributed by atoms with van der Waals surface area (Å²) in [5.74, 6) is 0.218. The molecule has 0 unspecified atom stereocenters.